The first-order chi connectivity index (χ1) is 10.7. The molecule has 1 aromatic heterocycles. The molecule has 22 heavy (non-hydrogen) atoms. The molecule has 1 atom stereocenters. The van der Waals surface area contributed by atoms with Gasteiger partial charge in [0, 0.05) is 31.3 Å². The Morgan fingerprint density at radius 1 is 1.41 bits per heavy atom. The van der Waals surface area contributed by atoms with Crippen molar-refractivity contribution in [2.45, 2.75) is 32.9 Å². The predicted octanol–water partition coefficient (Wildman–Crippen LogP) is 2.29. The maximum Gasteiger partial charge on any atom is 0.224 e. The quantitative estimate of drug-likeness (QED) is 0.852. The topological polar surface area (TPSA) is 70.7 Å². The van der Waals surface area contributed by atoms with E-state index in [4.69, 9.17) is 5.26 Å². The zero-order valence-electron chi connectivity index (χ0n) is 12.7. The number of aromatic nitrogens is 2. The molecular weight excluding hydrogens is 276 g/mol. The monoisotopic (exact) mass is 296 g/mol. The van der Waals surface area contributed by atoms with Crippen LogP contribution in [0.25, 0.3) is 0 Å². The van der Waals surface area contributed by atoms with Crippen molar-refractivity contribution in [3.05, 3.63) is 54.1 Å². The van der Waals surface area contributed by atoms with Gasteiger partial charge in [-0.25, -0.2) is 4.98 Å². The predicted molar refractivity (Wildman–Crippen MR) is 83.6 cm³/mol. The van der Waals surface area contributed by atoms with E-state index in [0.717, 1.165) is 18.8 Å². The van der Waals surface area contributed by atoms with Gasteiger partial charge in [-0.1, -0.05) is 37.3 Å². The van der Waals surface area contributed by atoms with Crippen molar-refractivity contribution in [1.82, 2.24) is 14.9 Å². The molecule has 2 rings (SSSR count). The first-order valence-electron chi connectivity index (χ1n) is 7.39. The van der Waals surface area contributed by atoms with Crippen LogP contribution in [0.2, 0.25) is 0 Å². The summed E-state index contributed by atoms with van der Waals surface area (Å²) < 4.78 is 2.04. The molecule has 2 aromatic rings. The van der Waals surface area contributed by atoms with Crippen LogP contribution >= 0.6 is 0 Å². The number of carbonyl (C=O) groups excluding carboxylic acids is 1. The normalized spacial score (nSPS) is 11.6. The van der Waals surface area contributed by atoms with Crippen LogP contribution < -0.4 is 5.32 Å². The summed E-state index contributed by atoms with van der Waals surface area (Å²) in [6.45, 7) is 2.96. The van der Waals surface area contributed by atoms with Gasteiger partial charge in [-0.05, 0) is 12.0 Å². The Bertz CT molecular complexity index is 642. The molecule has 1 aromatic carbocycles. The van der Waals surface area contributed by atoms with Crippen LogP contribution in [-0.4, -0.2) is 15.5 Å². The third kappa shape index (κ3) is 4.45. The number of hydrogen-bond acceptors (Lipinski definition) is 3. The van der Waals surface area contributed by atoms with Crippen molar-refractivity contribution >= 4 is 5.91 Å². The van der Waals surface area contributed by atoms with Crippen LogP contribution in [0.1, 0.15) is 24.7 Å². The van der Waals surface area contributed by atoms with E-state index in [2.05, 4.69) is 22.4 Å². The minimum atomic E-state index is -0.294. The summed E-state index contributed by atoms with van der Waals surface area (Å²) >= 11 is 0. The van der Waals surface area contributed by atoms with Crippen molar-refractivity contribution < 1.29 is 4.79 Å². The van der Waals surface area contributed by atoms with Crippen molar-refractivity contribution in [2.75, 3.05) is 0 Å². The van der Waals surface area contributed by atoms with Gasteiger partial charge in [-0.15, -0.1) is 0 Å². The lowest BCUT2D eigenvalue weighted by molar-refractivity contribution is -0.124. The first kappa shape index (κ1) is 15.8. The Balaban J connectivity index is 1.87. The van der Waals surface area contributed by atoms with Gasteiger partial charge in [0.25, 0.3) is 0 Å². The molecule has 1 N–H and O–H groups in total. The maximum absolute atomic E-state index is 11.8. The summed E-state index contributed by atoms with van der Waals surface area (Å²) in [7, 11) is 0. The lowest BCUT2D eigenvalue weighted by Crippen LogP contribution is -2.29. The van der Waals surface area contributed by atoms with Crippen LogP contribution in [0.15, 0.2) is 42.7 Å². The molecular formula is C17H20N4O. The average molecular weight is 296 g/mol. The summed E-state index contributed by atoms with van der Waals surface area (Å²) in [4.78, 5) is 16.1. The molecule has 0 bridgehead atoms. The maximum atomic E-state index is 11.8. The van der Waals surface area contributed by atoms with Gasteiger partial charge in [0.2, 0.25) is 5.91 Å². The highest BCUT2D eigenvalue weighted by atomic mass is 16.1. The van der Waals surface area contributed by atoms with Gasteiger partial charge in [0.15, 0.2) is 0 Å². The second-order valence-corrected chi connectivity index (χ2v) is 5.25. The van der Waals surface area contributed by atoms with Crippen molar-refractivity contribution in [1.29, 1.82) is 5.26 Å². The van der Waals surface area contributed by atoms with Gasteiger partial charge >= 0.3 is 0 Å². The van der Waals surface area contributed by atoms with E-state index in [0.29, 0.717) is 6.54 Å². The number of amides is 1. The second-order valence-electron chi connectivity index (χ2n) is 5.25. The second kappa shape index (κ2) is 7.99. The van der Waals surface area contributed by atoms with E-state index in [1.54, 1.807) is 13.1 Å². The number of benzene rings is 1. The molecule has 1 heterocycles. The Morgan fingerprint density at radius 2 is 2.18 bits per heavy atom. The molecule has 0 aliphatic heterocycles. The minimum Gasteiger partial charge on any atom is -0.349 e. The van der Waals surface area contributed by atoms with E-state index in [-0.39, 0.29) is 18.2 Å². The molecule has 0 fully saturated rings. The zero-order chi connectivity index (χ0) is 15.8. The van der Waals surface area contributed by atoms with Crippen LogP contribution in [0, 0.1) is 17.2 Å². The number of aryl methyl sites for hydroxylation is 2. The third-order valence-electron chi connectivity index (χ3n) is 3.55. The molecule has 114 valence electrons. The molecule has 0 spiro atoms. The van der Waals surface area contributed by atoms with E-state index >= 15 is 0 Å². The highest BCUT2D eigenvalue weighted by Crippen LogP contribution is 2.05. The molecule has 5 heteroatoms. The molecule has 0 saturated heterocycles. The fourth-order valence-corrected chi connectivity index (χ4v) is 2.18. The van der Waals surface area contributed by atoms with Gasteiger partial charge in [0.1, 0.15) is 5.82 Å². The molecule has 1 unspecified atom stereocenters. The average Bonchev–Trinajstić information content (AvgIpc) is 2.99. The summed E-state index contributed by atoms with van der Waals surface area (Å²) in [5.41, 5.74) is 1.27. The van der Waals surface area contributed by atoms with Crippen LogP contribution in [0.3, 0.4) is 0 Å². The molecule has 1 amide bonds. The highest BCUT2D eigenvalue weighted by molar-refractivity contribution is 5.78. The minimum absolute atomic E-state index is 0.112. The van der Waals surface area contributed by atoms with Crippen molar-refractivity contribution in [3.63, 3.8) is 0 Å². The summed E-state index contributed by atoms with van der Waals surface area (Å²) in [6, 6.07) is 12.3. The zero-order valence-corrected chi connectivity index (χ0v) is 12.7. The Morgan fingerprint density at radius 3 is 2.91 bits per heavy atom. The molecule has 0 radical (unpaired) electrons. The van der Waals surface area contributed by atoms with Crippen molar-refractivity contribution in [3.8, 4) is 6.07 Å². The lowest BCUT2D eigenvalue weighted by Gasteiger charge is -2.11. The lowest BCUT2D eigenvalue weighted by atomic mass is 10.1. The van der Waals surface area contributed by atoms with Crippen LogP contribution in [0.4, 0.5) is 0 Å². The van der Waals surface area contributed by atoms with Gasteiger partial charge in [-0.3, -0.25) is 4.79 Å². The Kier molecular flexibility index (Phi) is 5.73. The van der Waals surface area contributed by atoms with E-state index in [1.807, 2.05) is 35.0 Å². The largest absolute Gasteiger partial charge is 0.349 e. The number of nitrogens with zero attached hydrogens (tertiary/aromatic N) is 3. The number of rotatable bonds is 7. The first-order valence-corrected chi connectivity index (χ1v) is 7.39. The van der Waals surface area contributed by atoms with E-state index in [1.165, 1.54) is 5.56 Å². The molecule has 5 nitrogen and oxygen atoms in total. The van der Waals surface area contributed by atoms with Gasteiger partial charge in [0.05, 0.1) is 12.6 Å². The Labute approximate surface area is 130 Å². The highest BCUT2D eigenvalue weighted by Gasteiger charge is 2.13. The molecule has 0 saturated carbocycles. The smallest absolute Gasteiger partial charge is 0.224 e. The SMILES string of the molecule is CC(CC#N)C(=O)NCc1nccn1CCc1ccccc1. The Hall–Kier alpha value is -2.61. The summed E-state index contributed by atoms with van der Waals surface area (Å²) in [5.74, 6) is 0.422. The number of carbonyl (C=O) groups is 1. The van der Waals surface area contributed by atoms with Crippen LogP contribution in [0.5, 0.6) is 0 Å². The number of nitrogens with one attached hydrogen (secondary N) is 1. The summed E-state index contributed by atoms with van der Waals surface area (Å²) in [5, 5.41) is 11.4. The molecule has 0 aliphatic rings. The third-order valence-corrected chi connectivity index (χ3v) is 3.55. The molecule has 0 aliphatic carbocycles. The number of imidazole rings is 1. The van der Waals surface area contributed by atoms with E-state index in [9.17, 15) is 4.79 Å². The van der Waals surface area contributed by atoms with Crippen molar-refractivity contribution in [2.24, 2.45) is 5.92 Å². The van der Waals surface area contributed by atoms with E-state index < -0.39 is 0 Å². The summed E-state index contributed by atoms with van der Waals surface area (Å²) in [6.07, 6.45) is 4.81. The number of nitriles is 1. The van der Waals surface area contributed by atoms with Gasteiger partial charge < -0.3 is 9.88 Å². The van der Waals surface area contributed by atoms with Crippen LogP contribution in [-0.2, 0) is 24.3 Å². The fraction of sp³-hybridized carbons (Fsp3) is 0.353. The van der Waals surface area contributed by atoms with Gasteiger partial charge in [-0.2, -0.15) is 5.26 Å². The fourth-order valence-electron chi connectivity index (χ4n) is 2.18. The number of hydrogen-bond donors (Lipinski definition) is 1. The standard InChI is InChI=1S/C17H20N4O/c1-14(7-9-18)17(22)20-13-16-19-10-12-21(16)11-8-15-5-3-2-4-6-15/h2-6,10,12,14H,7-8,11,13H2,1H3,(H,20,22).